The molecule has 0 aliphatic carbocycles. The zero-order valence-electron chi connectivity index (χ0n) is 29.1. The molecule has 0 saturated heterocycles. The fourth-order valence-electron chi connectivity index (χ4n) is 7.22. The van der Waals surface area contributed by atoms with Crippen molar-refractivity contribution in [2.24, 2.45) is 0 Å². The van der Waals surface area contributed by atoms with Crippen molar-refractivity contribution in [3.8, 4) is 0 Å². The first-order valence-corrected chi connectivity index (χ1v) is 19.5. The Kier molecular flexibility index (Phi) is 11.5. The zero-order valence-corrected chi connectivity index (χ0v) is 30.8. The minimum atomic E-state index is -4.45. The van der Waals surface area contributed by atoms with E-state index in [4.69, 9.17) is 10.2 Å². The average molecular weight is 732 g/mol. The molecule has 0 unspecified atom stereocenters. The predicted octanol–water partition coefficient (Wildman–Crippen LogP) is 6.47. The fraction of sp³-hybridized carbons (Fsp3) is 0.472. The van der Waals surface area contributed by atoms with Gasteiger partial charge in [0, 0.05) is 60.3 Å². The van der Waals surface area contributed by atoms with Gasteiger partial charge in [-0.25, -0.2) is 0 Å². The second kappa shape index (κ2) is 14.8. The standard InChI is InChI=1S/C36H46N2O10S2/c1-24(34-36(4,5)28-23-26(50(46,47)48)16-18-30(28)38(34)21-11-7-9-13-33(41)42)14-19-31-35(2,3)27-22-25(49(43,44)45)15-17-29(27)37(31)20-10-6-8-12-32(39)40/h14-19,22-23H,6-13,20-21H2,1-5H3,(H3-,39,40,41,42,43,44,45,46,47,48)/p+1. The number of fused-ring (bicyclic) bond motifs is 2. The van der Waals surface area contributed by atoms with Gasteiger partial charge in [-0.3, -0.25) is 18.7 Å². The van der Waals surface area contributed by atoms with Gasteiger partial charge >= 0.3 is 11.9 Å². The van der Waals surface area contributed by atoms with E-state index in [0.29, 0.717) is 51.6 Å². The lowest BCUT2D eigenvalue weighted by Crippen LogP contribution is -2.29. The summed E-state index contributed by atoms with van der Waals surface area (Å²) in [5.41, 5.74) is 4.34. The summed E-state index contributed by atoms with van der Waals surface area (Å²) in [6.07, 6.45) is 7.91. The van der Waals surface area contributed by atoms with Crippen LogP contribution in [-0.2, 0) is 40.7 Å². The lowest BCUT2D eigenvalue weighted by molar-refractivity contribution is -0.438. The van der Waals surface area contributed by atoms with Crippen LogP contribution in [0, 0.1) is 0 Å². The second-order valence-corrected chi connectivity index (χ2v) is 16.9. The third-order valence-electron chi connectivity index (χ3n) is 9.66. The summed E-state index contributed by atoms with van der Waals surface area (Å²) >= 11 is 0. The molecule has 0 radical (unpaired) electrons. The van der Waals surface area contributed by atoms with E-state index in [1.54, 1.807) is 12.1 Å². The molecule has 14 heteroatoms. The van der Waals surface area contributed by atoms with Gasteiger partial charge in [-0.15, -0.1) is 0 Å². The smallest absolute Gasteiger partial charge is 0.303 e. The van der Waals surface area contributed by atoms with E-state index in [2.05, 4.69) is 9.48 Å². The fourth-order valence-corrected chi connectivity index (χ4v) is 8.23. The molecule has 12 nitrogen and oxygen atoms in total. The highest BCUT2D eigenvalue weighted by molar-refractivity contribution is 7.86. The van der Waals surface area contributed by atoms with Gasteiger partial charge < -0.3 is 15.1 Å². The van der Waals surface area contributed by atoms with Crippen LogP contribution < -0.4 is 4.90 Å². The maximum atomic E-state index is 12.1. The van der Waals surface area contributed by atoms with Crippen molar-refractivity contribution in [3.05, 3.63) is 70.9 Å². The topological polar surface area (TPSA) is 190 Å². The van der Waals surface area contributed by atoms with Crippen molar-refractivity contribution in [1.29, 1.82) is 0 Å². The molecule has 50 heavy (non-hydrogen) atoms. The summed E-state index contributed by atoms with van der Waals surface area (Å²) in [5, 5.41) is 18.1. The first-order valence-electron chi connectivity index (χ1n) is 16.7. The van der Waals surface area contributed by atoms with Crippen LogP contribution in [0.2, 0.25) is 0 Å². The molecule has 2 heterocycles. The number of carboxylic acid groups (broad SMARTS) is 2. The molecule has 0 amide bonds. The van der Waals surface area contributed by atoms with Gasteiger partial charge in [0.15, 0.2) is 5.71 Å². The Morgan fingerprint density at radius 3 is 1.86 bits per heavy atom. The van der Waals surface area contributed by atoms with E-state index in [1.807, 2.05) is 46.8 Å². The molecule has 0 bridgehead atoms. The number of aliphatic carboxylic acids is 2. The third-order valence-corrected chi connectivity index (χ3v) is 11.4. The van der Waals surface area contributed by atoms with Crippen LogP contribution in [0.5, 0.6) is 0 Å². The predicted molar refractivity (Wildman–Crippen MR) is 190 cm³/mol. The Morgan fingerprint density at radius 2 is 1.30 bits per heavy atom. The molecule has 0 atom stereocenters. The second-order valence-electron chi connectivity index (χ2n) is 14.0. The third kappa shape index (κ3) is 8.36. The molecule has 2 aromatic rings. The number of unbranched alkanes of at least 4 members (excludes halogenated alkanes) is 4. The summed E-state index contributed by atoms with van der Waals surface area (Å²) in [4.78, 5) is 23.8. The molecule has 4 rings (SSSR count). The van der Waals surface area contributed by atoms with Crippen LogP contribution in [0.1, 0.15) is 97.1 Å². The SMILES string of the molecule is CC(C=CC1=[N+](CCCCCC(=O)O)c2ccc(S(=O)(=O)O)cc2C1(C)C)=C1N(CCCCCC(=O)O)c2ccc(S(=O)(=O)O)cc2C1(C)C. The summed E-state index contributed by atoms with van der Waals surface area (Å²) in [7, 11) is -8.90. The highest BCUT2D eigenvalue weighted by Crippen LogP contribution is 2.50. The minimum Gasteiger partial charge on any atom is -0.481 e. The Morgan fingerprint density at radius 1 is 0.760 bits per heavy atom. The number of hydrogen-bond donors (Lipinski definition) is 4. The van der Waals surface area contributed by atoms with Crippen LogP contribution >= 0.6 is 0 Å². The average Bonchev–Trinajstić information content (AvgIpc) is 3.36. The quantitative estimate of drug-likeness (QED) is 0.0841. The number of rotatable bonds is 16. The van der Waals surface area contributed by atoms with Gasteiger partial charge in [0.25, 0.3) is 20.2 Å². The molecule has 0 aromatic heterocycles. The van der Waals surface area contributed by atoms with E-state index in [1.165, 1.54) is 24.3 Å². The van der Waals surface area contributed by atoms with E-state index < -0.39 is 43.0 Å². The monoisotopic (exact) mass is 731 g/mol. The van der Waals surface area contributed by atoms with Gasteiger partial charge in [0.1, 0.15) is 6.54 Å². The number of carbonyl (C=O) groups is 2. The molecule has 0 fully saturated rings. The van der Waals surface area contributed by atoms with E-state index in [9.17, 15) is 35.5 Å². The van der Waals surface area contributed by atoms with Crippen LogP contribution in [-0.4, -0.2) is 71.5 Å². The van der Waals surface area contributed by atoms with E-state index in [-0.39, 0.29) is 22.6 Å². The van der Waals surface area contributed by atoms with E-state index in [0.717, 1.165) is 39.5 Å². The van der Waals surface area contributed by atoms with E-state index >= 15 is 0 Å². The molecule has 0 saturated carbocycles. The summed E-state index contributed by atoms with van der Waals surface area (Å²) in [5.74, 6) is -1.70. The molecule has 2 aliphatic heterocycles. The lowest BCUT2D eigenvalue weighted by Gasteiger charge is -2.29. The summed E-state index contributed by atoms with van der Waals surface area (Å²) in [6, 6.07) is 9.10. The highest BCUT2D eigenvalue weighted by atomic mass is 32.2. The number of hydrogen-bond acceptors (Lipinski definition) is 7. The number of benzene rings is 2. The van der Waals surface area contributed by atoms with Crippen LogP contribution in [0.4, 0.5) is 11.4 Å². The van der Waals surface area contributed by atoms with Crippen LogP contribution in [0.3, 0.4) is 0 Å². The Hall–Kier alpha value is -3.85. The molecule has 0 spiro atoms. The molecule has 2 aromatic carbocycles. The first kappa shape index (κ1) is 38.9. The summed E-state index contributed by atoms with van der Waals surface area (Å²) in [6.45, 7) is 11.0. The van der Waals surface area contributed by atoms with Gasteiger partial charge in [0.2, 0.25) is 5.69 Å². The maximum absolute atomic E-state index is 12.1. The van der Waals surface area contributed by atoms with Crippen molar-refractivity contribution in [3.63, 3.8) is 0 Å². The first-order chi connectivity index (χ1) is 23.2. The Balaban J connectivity index is 1.79. The van der Waals surface area contributed by atoms with Gasteiger partial charge in [-0.05, 0) is 87.9 Å². The van der Waals surface area contributed by atoms with Gasteiger partial charge in [-0.1, -0.05) is 26.3 Å². The summed E-state index contributed by atoms with van der Waals surface area (Å²) < 4.78 is 70.0. The maximum Gasteiger partial charge on any atom is 0.303 e. The number of carboxylic acids is 2. The number of anilines is 1. The van der Waals surface area contributed by atoms with Crippen molar-refractivity contribution in [2.75, 3.05) is 18.0 Å². The van der Waals surface area contributed by atoms with Crippen molar-refractivity contribution < 1.29 is 50.3 Å². The molecular weight excluding hydrogens is 685 g/mol. The molecule has 4 N–H and O–H groups in total. The van der Waals surface area contributed by atoms with Crippen molar-refractivity contribution in [1.82, 2.24) is 0 Å². The zero-order chi connectivity index (χ0) is 37.2. The van der Waals surface area contributed by atoms with Gasteiger partial charge in [-0.2, -0.15) is 21.4 Å². The molecular formula is C36H47N2O10S2+. The van der Waals surface area contributed by atoms with Crippen LogP contribution in [0.25, 0.3) is 0 Å². The van der Waals surface area contributed by atoms with Gasteiger partial charge in [0.05, 0.1) is 15.2 Å². The normalized spacial score (nSPS) is 17.7. The Labute approximate surface area is 294 Å². The van der Waals surface area contributed by atoms with Crippen molar-refractivity contribution in [2.45, 2.75) is 107 Å². The Bertz CT molecular complexity index is 1990. The number of nitrogens with zero attached hydrogens (tertiary/aromatic N) is 2. The highest BCUT2D eigenvalue weighted by Gasteiger charge is 2.45. The molecule has 2 aliphatic rings. The minimum absolute atomic E-state index is 0.0723. The molecule has 272 valence electrons. The largest absolute Gasteiger partial charge is 0.481 e. The number of allylic oxidation sites excluding steroid dienone is 4. The van der Waals surface area contributed by atoms with Crippen LogP contribution in [0.15, 0.2) is 69.6 Å². The lowest BCUT2D eigenvalue weighted by atomic mass is 9.80. The van der Waals surface area contributed by atoms with Crippen molar-refractivity contribution >= 4 is 49.3 Å².